The Hall–Kier alpha value is -2.43. The molecule has 0 atom stereocenters. The molecule has 0 N–H and O–H groups in total. The predicted molar refractivity (Wildman–Crippen MR) is 89.4 cm³/mol. The van der Waals surface area contributed by atoms with E-state index in [1.54, 1.807) is 6.33 Å². The lowest BCUT2D eigenvalue weighted by Gasteiger charge is -2.33. The number of hydrogen-bond donors (Lipinski definition) is 0. The van der Waals surface area contributed by atoms with E-state index in [9.17, 15) is 0 Å². The van der Waals surface area contributed by atoms with E-state index >= 15 is 0 Å². The molecule has 5 nitrogen and oxygen atoms in total. The van der Waals surface area contributed by atoms with Crippen LogP contribution in [-0.4, -0.2) is 28.2 Å². The molecule has 5 heteroatoms. The number of anilines is 1. The van der Waals surface area contributed by atoms with E-state index in [1.807, 2.05) is 6.92 Å². The Morgan fingerprint density at radius 3 is 2.70 bits per heavy atom. The van der Waals surface area contributed by atoms with Gasteiger partial charge in [0.15, 0.2) is 0 Å². The van der Waals surface area contributed by atoms with Crippen molar-refractivity contribution in [2.45, 2.75) is 26.2 Å². The molecule has 23 heavy (non-hydrogen) atoms. The molecule has 1 aliphatic rings. The summed E-state index contributed by atoms with van der Waals surface area (Å²) in [5, 5.41) is 4.97. The van der Waals surface area contributed by atoms with Crippen LogP contribution in [0.1, 0.15) is 24.1 Å². The Bertz CT molecular complexity index is 791. The van der Waals surface area contributed by atoms with Crippen LogP contribution < -0.4 is 4.90 Å². The van der Waals surface area contributed by atoms with E-state index in [2.05, 4.69) is 50.4 Å². The Morgan fingerprint density at radius 1 is 1.13 bits per heavy atom. The summed E-state index contributed by atoms with van der Waals surface area (Å²) in [6, 6.07) is 10.8. The standard InChI is InChI=1S/C18H20N4O/c1-13-16-17(19-12-20-18(16)23-21-13)22-9-7-15(8-10-22)11-14-5-3-2-4-6-14/h2-6,12,15H,7-11H2,1H3. The molecule has 0 saturated carbocycles. The van der Waals surface area contributed by atoms with Crippen LogP contribution in [0, 0.1) is 12.8 Å². The Balaban J connectivity index is 1.48. The maximum absolute atomic E-state index is 5.25. The van der Waals surface area contributed by atoms with Crippen LogP contribution in [0.2, 0.25) is 0 Å². The highest BCUT2D eigenvalue weighted by Crippen LogP contribution is 2.30. The van der Waals surface area contributed by atoms with Gasteiger partial charge in [0.05, 0.1) is 5.69 Å². The zero-order valence-electron chi connectivity index (χ0n) is 13.3. The van der Waals surface area contributed by atoms with Crippen molar-refractivity contribution in [1.29, 1.82) is 0 Å². The van der Waals surface area contributed by atoms with Gasteiger partial charge in [-0.2, -0.15) is 4.98 Å². The number of aromatic nitrogens is 3. The molecule has 1 saturated heterocycles. The lowest BCUT2D eigenvalue weighted by atomic mass is 9.90. The van der Waals surface area contributed by atoms with Crippen molar-refractivity contribution in [2.75, 3.05) is 18.0 Å². The van der Waals surface area contributed by atoms with Gasteiger partial charge >= 0.3 is 0 Å². The Morgan fingerprint density at radius 2 is 1.91 bits per heavy atom. The smallest absolute Gasteiger partial charge is 0.263 e. The average Bonchev–Trinajstić information content (AvgIpc) is 2.98. The molecule has 118 valence electrons. The summed E-state index contributed by atoms with van der Waals surface area (Å²) < 4.78 is 5.25. The van der Waals surface area contributed by atoms with E-state index in [-0.39, 0.29) is 0 Å². The van der Waals surface area contributed by atoms with Crippen molar-refractivity contribution in [2.24, 2.45) is 5.92 Å². The summed E-state index contributed by atoms with van der Waals surface area (Å²) >= 11 is 0. The first kappa shape index (κ1) is 14.2. The topological polar surface area (TPSA) is 55.1 Å². The van der Waals surface area contributed by atoms with E-state index < -0.39 is 0 Å². The average molecular weight is 308 g/mol. The third kappa shape index (κ3) is 2.79. The molecule has 2 aromatic heterocycles. The molecular formula is C18H20N4O. The number of benzene rings is 1. The minimum absolute atomic E-state index is 0.582. The van der Waals surface area contributed by atoms with E-state index in [0.717, 1.165) is 35.9 Å². The highest BCUT2D eigenvalue weighted by molar-refractivity contribution is 5.87. The number of hydrogen-bond acceptors (Lipinski definition) is 5. The molecular weight excluding hydrogens is 288 g/mol. The SMILES string of the molecule is Cc1noc2ncnc(N3CCC(Cc4ccccc4)CC3)c12. The lowest BCUT2D eigenvalue weighted by Crippen LogP contribution is -2.35. The first-order valence-corrected chi connectivity index (χ1v) is 8.17. The first-order valence-electron chi connectivity index (χ1n) is 8.17. The van der Waals surface area contributed by atoms with Crippen LogP contribution in [0.15, 0.2) is 41.2 Å². The van der Waals surface area contributed by atoms with E-state index in [4.69, 9.17) is 4.52 Å². The van der Waals surface area contributed by atoms with Gasteiger partial charge < -0.3 is 9.42 Å². The second-order valence-electron chi connectivity index (χ2n) is 6.27. The van der Waals surface area contributed by atoms with Crippen LogP contribution in [0.4, 0.5) is 5.82 Å². The second-order valence-corrected chi connectivity index (χ2v) is 6.27. The fourth-order valence-electron chi connectivity index (χ4n) is 3.44. The summed E-state index contributed by atoms with van der Waals surface area (Å²) in [5.74, 6) is 1.71. The van der Waals surface area contributed by atoms with E-state index in [1.165, 1.54) is 24.8 Å². The molecule has 0 amide bonds. The lowest BCUT2D eigenvalue weighted by molar-refractivity contribution is 0.402. The van der Waals surface area contributed by atoms with Gasteiger partial charge in [-0.15, -0.1) is 0 Å². The maximum Gasteiger partial charge on any atom is 0.263 e. The number of rotatable bonds is 3. The first-order chi connectivity index (χ1) is 11.3. The number of aryl methyl sites for hydroxylation is 1. The third-order valence-corrected chi connectivity index (χ3v) is 4.70. The van der Waals surface area contributed by atoms with Gasteiger partial charge in [0.25, 0.3) is 5.71 Å². The van der Waals surface area contributed by atoms with Crippen molar-refractivity contribution < 1.29 is 4.52 Å². The van der Waals surface area contributed by atoms with Gasteiger partial charge in [-0.25, -0.2) is 4.98 Å². The van der Waals surface area contributed by atoms with Crippen LogP contribution >= 0.6 is 0 Å². The number of nitrogens with zero attached hydrogens (tertiary/aromatic N) is 4. The number of fused-ring (bicyclic) bond motifs is 1. The molecule has 0 radical (unpaired) electrons. The molecule has 1 aliphatic heterocycles. The molecule has 0 spiro atoms. The molecule has 4 rings (SSSR count). The van der Waals surface area contributed by atoms with Crippen LogP contribution in [0.5, 0.6) is 0 Å². The summed E-state index contributed by atoms with van der Waals surface area (Å²) in [5.41, 5.74) is 2.88. The monoisotopic (exact) mass is 308 g/mol. The normalized spacial score (nSPS) is 16.1. The summed E-state index contributed by atoms with van der Waals surface area (Å²) in [6.07, 6.45) is 5.11. The highest BCUT2D eigenvalue weighted by Gasteiger charge is 2.23. The molecule has 1 aromatic carbocycles. The van der Waals surface area contributed by atoms with Crippen LogP contribution in [0.3, 0.4) is 0 Å². The summed E-state index contributed by atoms with van der Waals surface area (Å²) in [6.45, 7) is 3.99. The zero-order chi connectivity index (χ0) is 15.6. The largest absolute Gasteiger partial charge is 0.356 e. The highest BCUT2D eigenvalue weighted by atomic mass is 16.5. The molecule has 3 aromatic rings. The third-order valence-electron chi connectivity index (χ3n) is 4.70. The predicted octanol–water partition coefficient (Wildman–Crippen LogP) is 3.39. The summed E-state index contributed by atoms with van der Waals surface area (Å²) in [4.78, 5) is 11.0. The minimum atomic E-state index is 0.582. The van der Waals surface area contributed by atoms with Crippen molar-refractivity contribution >= 4 is 16.9 Å². The zero-order valence-corrected chi connectivity index (χ0v) is 13.3. The molecule has 0 bridgehead atoms. The van der Waals surface area contributed by atoms with Gasteiger partial charge in [-0.3, -0.25) is 0 Å². The quantitative estimate of drug-likeness (QED) is 0.742. The Labute approximate surface area is 135 Å². The molecule has 0 aliphatic carbocycles. The van der Waals surface area contributed by atoms with Gasteiger partial charge in [-0.1, -0.05) is 35.5 Å². The van der Waals surface area contributed by atoms with Crippen LogP contribution in [0.25, 0.3) is 11.1 Å². The van der Waals surface area contributed by atoms with Gasteiger partial charge in [0.1, 0.15) is 17.5 Å². The molecule has 0 unspecified atom stereocenters. The van der Waals surface area contributed by atoms with Crippen LogP contribution in [-0.2, 0) is 6.42 Å². The molecule has 1 fully saturated rings. The summed E-state index contributed by atoms with van der Waals surface area (Å²) in [7, 11) is 0. The van der Waals surface area contributed by atoms with Crippen molar-refractivity contribution in [3.8, 4) is 0 Å². The number of piperidine rings is 1. The van der Waals surface area contributed by atoms with Crippen molar-refractivity contribution in [1.82, 2.24) is 15.1 Å². The van der Waals surface area contributed by atoms with Gasteiger partial charge in [0.2, 0.25) is 0 Å². The fourth-order valence-corrected chi connectivity index (χ4v) is 3.44. The second kappa shape index (κ2) is 5.99. The molecule has 3 heterocycles. The minimum Gasteiger partial charge on any atom is -0.356 e. The fraction of sp³-hybridized carbons (Fsp3) is 0.389. The van der Waals surface area contributed by atoms with Crippen molar-refractivity contribution in [3.63, 3.8) is 0 Å². The van der Waals surface area contributed by atoms with Crippen molar-refractivity contribution in [3.05, 3.63) is 47.9 Å². The van der Waals surface area contributed by atoms with Gasteiger partial charge in [0, 0.05) is 13.1 Å². The maximum atomic E-state index is 5.25. The van der Waals surface area contributed by atoms with Gasteiger partial charge in [-0.05, 0) is 37.7 Å². The Kier molecular flexibility index (Phi) is 3.69. The van der Waals surface area contributed by atoms with E-state index in [0.29, 0.717) is 5.71 Å².